The summed E-state index contributed by atoms with van der Waals surface area (Å²) in [6, 6.07) is 10.7. The summed E-state index contributed by atoms with van der Waals surface area (Å²) in [5.74, 6) is -0.247. The average molecular weight is 274 g/mol. The summed E-state index contributed by atoms with van der Waals surface area (Å²) in [4.78, 5) is 16.4. The van der Waals surface area contributed by atoms with Crippen LogP contribution in [-0.2, 0) is 0 Å². The second-order valence-electron chi connectivity index (χ2n) is 4.25. The number of nitrogens with zero attached hydrogens (tertiary/aromatic N) is 2. The molecule has 1 heterocycles. The van der Waals surface area contributed by atoms with E-state index in [0.29, 0.717) is 11.1 Å². The molecule has 0 aliphatic rings. The third-order valence-electron chi connectivity index (χ3n) is 2.70. The number of nitrogens with one attached hydrogen (secondary N) is 1. The van der Waals surface area contributed by atoms with Crippen LogP contribution in [0.5, 0.6) is 0 Å². The number of benzene rings is 1. The van der Waals surface area contributed by atoms with Crippen LogP contribution in [0.15, 0.2) is 30.3 Å². The van der Waals surface area contributed by atoms with Crippen LogP contribution in [0.1, 0.15) is 23.7 Å². The number of carbonyl (C=O) groups excluding carboxylic acids is 1. The molecule has 0 aliphatic carbocycles. The number of para-hydroxylation sites is 1. The Labute approximate surface area is 116 Å². The predicted molar refractivity (Wildman–Crippen MR) is 73.9 cm³/mol. The van der Waals surface area contributed by atoms with Gasteiger partial charge in [0.05, 0.1) is 23.6 Å². The molecular formula is C14H12ClN3O. The van der Waals surface area contributed by atoms with Gasteiger partial charge < -0.3 is 5.32 Å². The van der Waals surface area contributed by atoms with Crippen molar-refractivity contribution in [3.8, 4) is 6.07 Å². The Kier molecular flexibility index (Phi) is 3.98. The molecule has 1 aromatic heterocycles. The standard InChI is InChI=1S/C14H12ClN3O/c1-9(6-7-16)17-14(19)11-8-13(15)18-12-5-3-2-4-10(11)12/h2-5,8-9H,6H2,1H3,(H,17,19). The molecule has 1 atom stereocenters. The van der Waals surface area contributed by atoms with E-state index in [0.717, 1.165) is 5.39 Å². The molecule has 1 aromatic carbocycles. The van der Waals surface area contributed by atoms with Crippen molar-refractivity contribution in [3.63, 3.8) is 0 Å². The number of carbonyl (C=O) groups is 1. The molecule has 2 rings (SSSR count). The Morgan fingerprint density at radius 2 is 2.26 bits per heavy atom. The molecule has 5 heteroatoms. The van der Waals surface area contributed by atoms with E-state index >= 15 is 0 Å². The minimum atomic E-state index is -0.247. The zero-order valence-electron chi connectivity index (χ0n) is 10.4. The molecule has 0 radical (unpaired) electrons. The van der Waals surface area contributed by atoms with E-state index in [1.165, 1.54) is 6.07 Å². The van der Waals surface area contributed by atoms with Gasteiger partial charge in [0.2, 0.25) is 0 Å². The van der Waals surface area contributed by atoms with Gasteiger partial charge in [-0.15, -0.1) is 0 Å². The number of amides is 1. The summed E-state index contributed by atoms with van der Waals surface area (Å²) in [6.07, 6.45) is 0.266. The Bertz CT molecular complexity index is 663. The van der Waals surface area contributed by atoms with Gasteiger partial charge in [0, 0.05) is 11.4 Å². The zero-order chi connectivity index (χ0) is 13.8. The second-order valence-corrected chi connectivity index (χ2v) is 4.63. The van der Waals surface area contributed by atoms with E-state index in [1.807, 2.05) is 24.3 Å². The number of hydrogen-bond donors (Lipinski definition) is 1. The van der Waals surface area contributed by atoms with Gasteiger partial charge in [-0.25, -0.2) is 4.98 Å². The highest BCUT2D eigenvalue weighted by Crippen LogP contribution is 2.20. The molecule has 0 saturated heterocycles. The summed E-state index contributed by atoms with van der Waals surface area (Å²) in [5.41, 5.74) is 1.15. The van der Waals surface area contributed by atoms with Crippen molar-refractivity contribution in [2.45, 2.75) is 19.4 Å². The first kappa shape index (κ1) is 13.3. The molecule has 0 spiro atoms. The normalized spacial score (nSPS) is 11.8. The fourth-order valence-corrected chi connectivity index (χ4v) is 2.02. The first-order chi connectivity index (χ1) is 9.11. The maximum absolute atomic E-state index is 12.2. The van der Waals surface area contributed by atoms with E-state index in [2.05, 4.69) is 10.3 Å². The highest BCUT2D eigenvalue weighted by atomic mass is 35.5. The quantitative estimate of drug-likeness (QED) is 0.875. The lowest BCUT2D eigenvalue weighted by atomic mass is 10.1. The van der Waals surface area contributed by atoms with Crippen LogP contribution in [0, 0.1) is 11.3 Å². The number of nitriles is 1. The van der Waals surface area contributed by atoms with Crippen LogP contribution in [0.3, 0.4) is 0 Å². The highest BCUT2D eigenvalue weighted by Gasteiger charge is 2.14. The summed E-state index contributed by atoms with van der Waals surface area (Å²) >= 11 is 5.92. The van der Waals surface area contributed by atoms with Crippen molar-refractivity contribution in [2.75, 3.05) is 0 Å². The molecule has 0 aliphatic heterocycles. The van der Waals surface area contributed by atoms with Gasteiger partial charge in [-0.2, -0.15) is 5.26 Å². The van der Waals surface area contributed by atoms with E-state index < -0.39 is 0 Å². The van der Waals surface area contributed by atoms with Gasteiger partial charge in [-0.05, 0) is 19.1 Å². The third kappa shape index (κ3) is 3.01. The number of halogens is 1. The lowest BCUT2D eigenvalue weighted by Gasteiger charge is -2.12. The molecule has 1 unspecified atom stereocenters. The van der Waals surface area contributed by atoms with E-state index in [-0.39, 0.29) is 23.5 Å². The van der Waals surface area contributed by atoms with Crippen LogP contribution in [-0.4, -0.2) is 16.9 Å². The molecular weight excluding hydrogens is 262 g/mol. The number of aromatic nitrogens is 1. The molecule has 1 amide bonds. The summed E-state index contributed by atoms with van der Waals surface area (Å²) in [5, 5.41) is 12.4. The van der Waals surface area contributed by atoms with Crippen LogP contribution in [0.4, 0.5) is 0 Å². The highest BCUT2D eigenvalue weighted by molar-refractivity contribution is 6.30. The molecule has 19 heavy (non-hydrogen) atoms. The molecule has 96 valence electrons. The van der Waals surface area contributed by atoms with Gasteiger partial charge in [-0.1, -0.05) is 29.8 Å². The van der Waals surface area contributed by atoms with Crippen LogP contribution in [0.25, 0.3) is 10.9 Å². The maximum atomic E-state index is 12.2. The maximum Gasteiger partial charge on any atom is 0.252 e. The SMILES string of the molecule is CC(CC#N)NC(=O)c1cc(Cl)nc2ccccc12. The number of rotatable bonds is 3. The number of hydrogen-bond acceptors (Lipinski definition) is 3. The van der Waals surface area contributed by atoms with Crippen molar-refractivity contribution < 1.29 is 4.79 Å². The van der Waals surface area contributed by atoms with Gasteiger partial charge in [0.15, 0.2) is 0 Å². The lowest BCUT2D eigenvalue weighted by molar-refractivity contribution is 0.0942. The molecule has 0 saturated carbocycles. The van der Waals surface area contributed by atoms with Crippen molar-refractivity contribution in [1.29, 1.82) is 5.26 Å². The van der Waals surface area contributed by atoms with Gasteiger partial charge in [-0.3, -0.25) is 4.79 Å². The van der Waals surface area contributed by atoms with Crippen LogP contribution < -0.4 is 5.32 Å². The topological polar surface area (TPSA) is 65.8 Å². The first-order valence-corrected chi connectivity index (χ1v) is 6.22. The monoisotopic (exact) mass is 273 g/mol. The van der Waals surface area contributed by atoms with Gasteiger partial charge in [0.1, 0.15) is 5.15 Å². The Hall–Kier alpha value is -2.12. The smallest absolute Gasteiger partial charge is 0.252 e. The summed E-state index contributed by atoms with van der Waals surface area (Å²) in [6.45, 7) is 1.78. The minimum absolute atomic E-state index is 0.205. The van der Waals surface area contributed by atoms with Gasteiger partial charge in [0.25, 0.3) is 5.91 Å². The first-order valence-electron chi connectivity index (χ1n) is 5.85. The molecule has 0 fully saturated rings. The number of fused-ring (bicyclic) bond motifs is 1. The van der Waals surface area contributed by atoms with Crippen molar-refractivity contribution in [2.24, 2.45) is 0 Å². The molecule has 0 bridgehead atoms. The zero-order valence-corrected chi connectivity index (χ0v) is 11.1. The fourth-order valence-electron chi connectivity index (χ4n) is 1.82. The largest absolute Gasteiger partial charge is 0.349 e. The van der Waals surface area contributed by atoms with E-state index in [9.17, 15) is 4.79 Å². The summed E-state index contributed by atoms with van der Waals surface area (Å²) < 4.78 is 0. The van der Waals surface area contributed by atoms with Crippen molar-refractivity contribution in [1.82, 2.24) is 10.3 Å². The fraction of sp³-hybridized carbons (Fsp3) is 0.214. The Morgan fingerprint density at radius 1 is 1.53 bits per heavy atom. The average Bonchev–Trinajstić information content (AvgIpc) is 2.37. The van der Waals surface area contributed by atoms with Crippen molar-refractivity contribution >= 4 is 28.4 Å². The molecule has 4 nitrogen and oxygen atoms in total. The van der Waals surface area contributed by atoms with Crippen LogP contribution >= 0.6 is 11.6 Å². The predicted octanol–water partition coefficient (Wildman–Crippen LogP) is 2.92. The van der Waals surface area contributed by atoms with Crippen LogP contribution in [0.2, 0.25) is 5.15 Å². The minimum Gasteiger partial charge on any atom is -0.349 e. The van der Waals surface area contributed by atoms with Crippen molar-refractivity contribution in [3.05, 3.63) is 41.0 Å². The van der Waals surface area contributed by atoms with E-state index in [1.54, 1.807) is 13.0 Å². The summed E-state index contributed by atoms with van der Waals surface area (Å²) in [7, 11) is 0. The number of pyridine rings is 1. The Balaban J connectivity index is 2.39. The Morgan fingerprint density at radius 3 is 3.00 bits per heavy atom. The second kappa shape index (κ2) is 5.68. The molecule has 2 aromatic rings. The third-order valence-corrected chi connectivity index (χ3v) is 2.90. The van der Waals surface area contributed by atoms with Gasteiger partial charge >= 0.3 is 0 Å². The van der Waals surface area contributed by atoms with E-state index in [4.69, 9.17) is 16.9 Å². The lowest BCUT2D eigenvalue weighted by Crippen LogP contribution is -2.32. The molecule has 1 N–H and O–H groups in total.